The van der Waals surface area contributed by atoms with Gasteiger partial charge in [-0.15, -0.1) is 0 Å². The fourth-order valence-electron chi connectivity index (χ4n) is 11.9. The Balaban J connectivity index is 2.55. The van der Waals surface area contributed by atoms with Crippen LogP contribution in [0.2, 0.25) is 0 Å². The van der Waals surface area contributed by atoms with Gasteiger partial charge in [-0.1, -0.05) is 326 Å². The van der Waals surface area contributed by atoms with Crippen molar-refractivity contribution in [3.8, 4) is 0 Å². The molecule has 1 fully saturated rings. The third-order valence-electron chi connectivity index (χ3n) is 17.9. The molecule has 0 radical (unpaired) electrons. The van der Waals surface area contributed by atoms with Crippen LogP contribution in [0.5, 0.6) is 0 Å². The zero-order chi connectivity index (χ0) is 64.6. The number of aliphatic hydroxyl groups excluding tert-OH is 5. The van der Waals surface area contributed by atoms with Crippen LogP contribution >= 0.6 is 0 Å². The molecule has 11 heteroatoms. The minimum atomic E-state index is -1.62. The van der Waals surface area contributed by atoms with Gasteiger partial charge in [-0.05, 0) is 89.9 Å². The Morgan fingerprint density at radius 2 is 0.775 bits per heavy atom. The first-order chi connectivity index (χ1) is 43.7. The van der Waals surface area contributed by atoms with E-state index in [1.54, 1.807) is 6.08 Å². The summed E-state index contributed by atoms with van der Waals surface area (Å²) in [5, 5.41) is 57.4. The number of ether oxygens (including phenoxy) is 3. The van der Waals surface area contributed by atoms with E-state index in [-0.39, 0.29) is 13.0 Å². The number of carbonyl (C=O) groups excluding carboxylic acids is 2. The third-order valence-corrected chi connectivity index (χ3v) is 17.9. The van der Waals surface area contributed by atoms with Crippen LogP contribution < -0.4 is 5.32 Å². The van der Waals surface area contributed by atoms with Gasteiger partial charge < -0.3 is 45.1 Å². The van der Waals surface area contributed by atoms with Gasteiger partial charge in [0.1, 0.15) is 24.4 Å². The second-order valence-electron chi connectivity index (χ2n) is 26.4. The van der Waals surface area contributed by atoms with Crippen molar-refractivity contribution in [1.82, 2.24) is 5.32 Å². The Morgan fingerprint density at radius 1 is 0.438 bits per heavy atom. The van der Waals surface area contributed by atoms with Crippen molar-refractivity contribution in [3.05, 3.63) is 60.8 Å². The maximum Gasteiger partial charge on any atom is 0.306 e. The SMILES string of the molecule is CCCCC/C=C\C/C=C\C/C=C\CCCCCCCCCCCCC(=O)OC1C(OCC(NC(=O)C(O)CCCCCCCCCCCCCCCC/C=C/CCCCCCCC)C(O)/C=C/CCCCCCCCCCCCC)OC(CO)C(O)C1O. The Kier molecular flexibility index (Phi) is 62.0. The van der Waals surface area contributed by atoms with Gasteiger partial charge in [-0.25, -0.2) is 0 Å². The third kappa shape index (κ3) is 52.4. The van der Waals surface area contributed by atoms with Crippen molar-refractivity contribution >= 4 is 11.9 Å². The fraction of sp³-hybridized carbons (Fsp3) is 0.846. The van der Waals surface area contributed by atoms with Crippen molar-refractivity contribution in [3.63, 3.8) is 0 Å². The second kappa shape index (κ2) is 65.4. The number of unbranched alkanes of at least 4 members (excludes halogenated alkanes) is 44. The lowest BCUT2D eigenvalue weighted by Gasteiger charge is -2.41. The summed E-state index contributed by atoms with van der Waals surface area (Å²) in [6.07, 6.45) is 74.0. The number of aliphatic hydroxyl groups is 5. The first-order valence-corrected chi connectivity index (χ1v) is 38.1. The Hall–Kier alpha value is -2.64. The summed E-state index contributed by atoms with van der Waals surface area (Å²) in [4.78, 5) is 26.7. The van der Waals surface area contributed by atoms with E-state index >= 15 is 0 Å². The van der Waals surface area contributed by atoms with Gasteiger partial charge in [0, 0.05) is 6.42 Å². The summed E-state index contributed by atoms with van der Waals surface area (Å²) in [5.74, 6) is -1.19. The van der Waals surface area contributed by atoms with Gasteiger partial charge >= 0.3 is 5.97 Å². The molecule has 0 bridgehead atoms. The number of carbonyl (C=O) groups is 2. The molecule has 0 aromatic carbocycles. The fourth-order valence-corrected chi connectivity index (χ4v) is 11.9. The second-order valence-corrected chi connectivity index (χ2v) is 26.4. The molecule has 8 atom stereocenters. The summed E-state index contributed by atoms with van der Waals surface area (Å²) in [6.45, 7) is 5.81. The quantitative estimate of drug-likeness (QED) is 0.0195. The Morgan fingerprint density at radius 3 is 1.19 bits per heavy atom. The number of hydrogen-bond donors (Lipinski definition) is 6. The van der Waals surface area contributed by atoms with Crippen LogP contribution in [0.25, 0.3) is 0 Å². The van der Waals surface area contributed by atoms with Crippen LogP contribution in [0.3, 0.4) is 0 Å². The van der Waals surface area contributed by atoms with Gasteiger partial charge in [-0.3, -0.25) is 9.59 Å². The number of amides is 1. The van der Waals surface area contributed by atoms with Crippen molar-refractivity contribution in [2.75, 3.05) is 13.2 Å². The molecular weight excluding hydrogens is 1110 g/mol. The summed E-state index contributed by atoms with van der Waals surface area (Å²) >= 11 is 0. The molecule has 1 saturated heterocycles. The molecule has 1 aliphatic rings. The normalized spacial score (nSPS) is 18.4. The predicted octanol–water partition coefficient (Wildman–Crippen LogP) is 20.1. The van der Waals surface area contributed by atoms with Crippen LogP contribution in [0.4, 0.5) is 0 Å². The van der Waals surface area contributed by atoms with Crippen LogP contribution in [-0.2, 0) is 23.8 Å². The van der Waals surface area contributed by atoms with E-state index in [0.29, 0.717) is 19.3 Å². The molecule has 89 heavy (non-hydrogen) atoms. The summed E-state index contributed by atoms with van der Waals surface area (Å²) in [5.41, 5.74) is 0. The standard InChI is InChI=1S/C78H143NO10/c1-4-7-10-13-16-19-22-25-27-29-31-33-35-37-38-40-42-44-47-50-53-56-59-62-65-71(82)77(86)79-69(70(81)64-61-58-55-52-49-46-24-21-18-15-12-9-6-3)68-87-78-76(75(85)74(84)72(67-80)88-78)89-73(83)66-63-60-57-54-51-48-45-43-41-39-36-34-32-30-28-26-23-20-17-14-11-8-5-2/h17,20,25-28,32,34,61,64,69-72,74-76,78,80-82,84-85H,4-16,18-19,21-24,29-31,33,35-60,62-63,65-68H2,1-3H3,(H,79,86)/b20-17-,27-25+,28-26-,34-32-,64-61+. The average Bonchev–Trinajstić information content (AvgIpc) is 3.20. The number of esters is 1. The van der Waals surface area contributed by atoms with Gasteiger partial charge in [0.2, 0.25) is 5.91 Å². The van der Waals surface area contributed by atoms with Crippen molar-refractivity contribution in [1.29, 1.82) is 0 Å². The first kappa shape index (κ1) is 84.4. The topological polar surface area (TPSA) is 175 Å². The number of allylic oxidation sites excluding steroid dienone is 9. The zero-order valence-corrected chi connectivity index (χ0v) is 58.1. The number of hydrogen-bond acceptors (Lipinski definition) is 10. The molecule has 0 spiro atoms. The van der Waals surface area contributed by atoms with Gasteiger partial charge in [0.15, 0.2) is 12.4 Å². The van der Waals surface area contributed by atoms with E-state index in [1.807, 2.05) is 6.08 Å². The van der Waals surface area contributed by atoms with Crippen LogP contribution in [0, 0.1) is 0 Å². The van der Waals surface area contributed by atoms with Crippen LogP contribution in [0.15, 0.2) is 60.8 Å². The van der Waals surface area contributed by atoms with Gasteiger partial charge in [0.05, 0.1) is 25.4 Å². The zero-order valence-electron chi connectivity index (χ0n) is 58.1. The predicted molar refractivity (Wildman–Crippen MR) is 375 cm³/mol. The van der Waals surface area contributed by atoms with Gasteiger partial charge in [0.25, 0.3) is 0 Å². The smallest absolute Gasteiger partial charge is 0.306 e. The molecule has 11 nitrogen and oxygen atoms in total. The maximum atomic E-state index is 13.5. The molecular formula is C78H143NO10. The molecule has 1 rings (SSSR count). The van der Waals surface area contributed by atoms with Crippen molar-refractivity contribution < 1.29 is 49.3 Å². The van der Waals surface area contributed by atoms with Gasteiger partial charge in [-0.2, -0.15) is 0 Å². The molecule has 0 aliphatic carbocycles. The summed E-state index contributed by atoms with van der Waals surface area (Å²) in [7, 11) is 0. The highest BCUT2D eigenvalue weighted by Crippen LogP contribution is 2.26. The minimum absolute atomic E-state index is 0.119. The lowest BCUT2D eigenvalue weighted by molar-refractivity contribution is -0.305. The molecule has 1 aliphatic heterocycles. The van der Waals surface area contributed by atoms with E-state index in [1.165, 1.54) is 238 Å². The van der Waals surface area contributed by atoms with E-state index in [9.17, 15) is 35.1 Å². The maximum absolute atomic E-state index is 13.5. The highest BCUT2D eigenvalue weighted by atomic mass is 16.7. The molecule has 0 aromatic rings. The molecule has 520 valence electrons. The molecule has 0 aromatic heterocycles. The number of rotatable bonds is 66. The largest absolute Gasteiger partial charge is 0.454 e. The van der Waals surface area contributed by atoms with E-state index in [2.05, 4.69) is 74.7 Å². The summed E-state index contributed by atoms with van der Waals surface area (Å²) in [6, 6.07) is -1.03. The average molecular weight is 1250 g/mol. The highest BCUT2D eigenvalue weighted by molar-refractivity contribution is 5.80. The highest BCUT2D eigenvalue weighted by Gasteiger charge is 2.47. The summed E-state index contributed by atoms with van der Waals surface area (Å²) < 4.78 is 17.7. The Bertz CT molecular complexity index is 1680. The van der Waals surface area contributed by atoms with Crippen LogP contribution in [0.1, 0.15) is 361 Å². The lowest BCUT2D eigenvalue weighted by atomic mass is 9.99. The molecule has 0 saturated carbocycles. The minimum Gasteiger partial charge on any atom is -0.454 e. The number of nitrogens with one attached hydrogen (secondary N) is 1. The molecule has 1 amide bonds. The van der Waals surface area contributed by atoms with E-state index < -0.39 is 67.4 Å². The van der Waals surface area contributed by atoms with E-state index in [0.717, 1.165) is 77.0 Å². The van der Waals surface area contributed by atoms with Crippen molar-refractivity contribution in [2.45, 2.75) is 410 Å². The lowest BCUT2D eigenvalue weighted by Crippen LogP contribution is -2.61. The van der Waals surface area contributed by atoms with Crippen molar-refractivity contribution in [2.24, 2.45) is 0 Å². The Labute approximate surface area is 548 Å². The molecule has 6 N–H and O–H groups in total. The van der Waals surface area contributed by atoms with E-state index in [4.69, 9.17) is 14.2 Å². The van der Waals surface area contributed by atoms with Crippen LogP contribution in [-0.4, -0.2) is 99.6 Å². The molecule has 1 heterocycles. The first-order valence-electron chi connectivity index (χ1n) is 38.1. The molecule has 8 unspecified atom stereocenters. The monoisotopic (exact) mass is 1250 g/mol.